The number of hydrazine groups is 2. The van der Waals surface area contributed by atoms with Crippen molar-refractivity contribution in [1.82, 2.24) is 20.9 Å². The number of rotatable bonds is 7. The Morgan fingerprint density at radius 1 is 1.21 bits per heavy atom. The molecule has 1 aromatic rings. The minimum absolute atomic E-state index is 0.0645. The molecule has 1 aromatic carbocycles. The van der Waals surface area contributed by atoms with E-state index in [1.165, 1.54) is 7.11 Å². The molecule has 5 amide bonds. The van der Waals surface area contributed by atoms with E-state index in [0.717, 1.165) is 15.6 Å². The Labute approximate surface area is 138 Å². The predicted octanol–water partition coefficient (Wildman–Crippen LogP) is -0.282. The second kappa shape index (κ2) is 9.66. The number of nitrogens with one attached hydrogen (secondary N) is 2. The maximum atomic E-state index is 12.2. The van der Waals surface area contributed by atoms with E-state index in [0.29, 0.717) is 6.41 Å². The summed E-state index contributed by atoms with van der Waals surface area (Å²) in [5.74, 6) is -0.567. The molecule has 0 radical (unpaired) electrons. The minimum Gasteiger partial charge on any atom is -0.469 e. The van der Waals surface area contributed by atoms with Crippen LogP contribution >= 0.6 is 0 Å². The lowest BCUT2D eigenvalue weighted by atomic mass is 10.2. The van der Waals surface area contributed by atoms with E-state index >= 15 is 0 Å². The number of nitrogens with zero attached hydrogens (tertiary/aromatic N) is 2. The Kier molecular flexibility index (Phi) is 7.55. The molecule has 1 rings (SSSR count). The van der Waals surface area contributed by atoms with Crippen LogP contribution in [0.3, 0.4) is 0 Å². The number of carbonyl (C=O) groups excluding carboxylic acids is 4. The van der Waals surface area contributed by atoms with Gasteiger partial charge in [-0.05, 0) is 5.56 Å². The summed E-state index contributed by atoms with van der Waals surface area (Å²) in [6.07, 6.45) is 0.172. The molecule has 0 spiro atoms. The van der Waals surface area contributed by atoms with Crippen LogP contribution in [-0.4, -0.2) is 48.1 Å². The maximum absolute atomic E-state index is 12.2. The van der Waals surface area contributed by atoms with E-state index in [2.05, 4.69) is 15.6 Å². The van der Waals surface area contributed by atoms with Crippen LogP contribution < -0.4 is 16.6 Å². The number of hydrogen-bond donors (Lipinski definition) is 3. The Balaban J connectivity index is 2.71. The first-order valence-electron chi connectivity index (χ1n) is 6.93. The number of nitrogens with two attached hydrogens (primary N) is 1. The highest BCUT2D eigenvalue weighted by atomic mass is 16.5. The maximum Gasteiger partial charge on any atom is 0.355 e. The van der Waals surface area contributed by atoms with Gasteiger partial charge >= 0.3 is 18.0 Å². The molecule has 10 heteroatoms. The van der Waals surface area contributed by atoms with Gasteiger partial charge in [0.15, 0.2) is 0 Å². The van der Waals surface area contributed by atoms with Crippen molar-refractivity contribution in [2.75, 3.05) is 13.7 Å². The monoisotopic (exact) mass is 337 g/mol. The van der Waals surface area contributed by atoms with Crippen LogP contribution in [0.15, 0.2) is 30.3 Å². The standard InChI is InChI=1S/C14H19N5O5/c1-24-12(21)7-8-18(13(15)22)17-14(23)19(16-10-20)9-11-5-3-2-4-6-11/h2-6,10H,7-9H2,1H3,(H2,15,22)(H,16,20)(H,17,23). The molecular weight excluding hydrogens is 318 g/mol. The fraction of sp³-hybridized carbons (Fsp3) is 0.286. The third-order valence-electron chi connectivity index (χ3n) is 2.90. The van der Waals surface area contributed by atoms with E-state index < -0.39 is 18.0 Å². The largest absolute Gasteiger partial charge is 0.469 e. The third kappa shape index (κ3) is 6.22. The van der Waals surface area contributed by atoms with Crippen LogP contribution in [0.2, 0.25) is 0 Å². The van der Waals surface area contributed by atoms with Crippen molar-refractivity contribution in [1.29, 1.82) is 0 Å². The molecule has 0 saturated heterocycles. The Morgan fingerprint density at radius 2 is 1.88 bits per heavy atom. The first-order valence-corrected chi connectivity index (χ1v) is 6.93. The molecule has 130 valence electrons. The fourth-order valence-electron chi connectivity index (χ4n) is 1.71. The normalized spacial score (nSPS) is 9.54. The summed E-state index contributed by atoms with van der Waals surface area (Å²) in [4.78, 5) is 45.3. The molecule has 0 aliphatic rings. The number of methoxy groups -OCH3 is 1. The first kappa shape index (κ1) is 18.7. The molecule has 0 atom stereocenters. The topological polar surface area (TPSA) is 134 Å². The summed E-state index contributed by atoms with van der Waals surface area (Å²) in [5, 5.41) is 1.71. The van der Waals surface area contributed by atoms with Crippen LogP contribution in [0.5, 0.6) is 0 Å². The Morgan fingerprint density at radius 3 is 2.42 bits per heavy atom. The van der Waals surface area contributed by atoms with Gasteiger partial charge in [0.2, 0.25) is 6.41 Å². The van der Waals surface area contributed by atoms with Crippen LogP contribution in [0, 0.1) is 0 Å². The average molecular weight is 337 g/mol. The lowest BCUT2D eigenvalue weighted by molar-refractivity contribution is -0.140. The number of ether oxygens (including phenoxy) is 1. The van der Waals surface area contributed by atoms with Crippen molar-refractivity contribution in [2.24, 2.45) is 5.73 Å². The molecule has 10 nitrogen and oxygen atoms in total. The quantitative estimate of drug-likeness (QED) is 0.357. The molecule has 0 heterocycles. The number of primary amides is 1. The first-order chi connectivity index (χ1) is 11.5. The average Bonchev–Trinajstić information content (AvgIpc) is 2.58. The highest BCUT2D eigenvalue weighted by molar-refractivity contribution is 5.80. The third-order valence-corrected chi connectivity index (χ3v) is 2.90. The zero-order valence-electron chi connectivity index (χ0n) is 13.1. The molecule has 24 heavy (non-hydrogen) atoms. The van der Waals surface area contributed by atoms with Crippen LogP contribution in [0.4, 0.5) is 9.59 Å². The molecule has 0 bridgehead atoms. The van der Waals surface area contributed by atoms with Crippen molar-refractivity contribution in [3.63, 3.8) is 0 Å². The highest BCUT2D eigenvalue weighted by Gasteiger charge is 2.20. The van der Waals surface area contributed by atoms with Gasteiger partial charge in [-0.1, -0.05) is 30.3 Å². The summed E-state index contributed by atoms with van der Waals surface area (Å²) in [5.41, 5.74) is 10.3. The molecular formula is C14H19N5O5. The van der Waals surface area contributed by atoms with Gasteiger partial charge in [-0.3, -0.25) is 15.0 Å². The summed E-state index contributed by atoms with van der Waals surface area (Å²) in [7, 11) is 1.20. The second-order valence-corrected chi connectivity index (χ2v) is 4.55. The van der Waals surface area contributed by atoms with Gasteiger partial charge in [0.1, 0.15) is 0 Å². The van der Waals surface area contributed by atoms with Gasteiger partial charge < -0.3 is 10.5 Å². The zero-order chi connectivity index (χ0) is 17.9. The number of hydrogen-bond acceptors (Lipinski definition) is 5. The van der Waals surface area contributed by atoms with Crippen LogP contribution in [0.25, 0.3) is 0 Å². The molecule has 0 aromatic heterocycles. The highest BCUT2D eigenvalue weighted by Crippen LogP contribution is 2.03. The minimum atomic E-state index is -0.960. The van der Waals surface area contributed by atoms with Crippen molar-refractivity contribution in [3.05, 3.63) is 35.9 Å². The molecule has 4 N–H and O–H groups in total. The summed E-state index contributed by atoms with van der Waals surface area (Å²) in [6, 6.07) is 7.12. The van der Waals surface area contributed by atoms with Crippen molar-refractivity contribution in [3.8, 4) is 0 Å². The summed E-state index contributed by atoms with van der Waals surface area (Å²) in [6.45, 7) is -0.108. The number of urea groups is 2. The predicted molar refractivity (Wildman–Crippen MR) is 82.6 cm³/mol. The molecule has 0 aliphatic heterocycles. The summed E-state index contributed by atoms with van der Waals surface area (Å²) < 4.78 is 4.45. The Bertz CT molecular complexity index is 580. The molecule has 0 aliphatic carbocycles. The summed E-state index contributed by atoms with van der Waals surface area (Å²) >= 11 is 0. The van der Waals surface area contributed by atoms with E-state index in [1.807, 2.05) is 6.07 Å². The van der Waals surface area contributed by atoms with Gasteiger partial charge in [0.05, 0.1) is 26.6 Å². The van der Waals surface area contributed by atoms with Crippen molar-refractivity contribution in [2.45, 2.75) is 13.0 Å². The van der Waals surface area contributed by atoms with Crippen molar-refractivity contribution < 1.29 is 23.9 Å². The fourth-order valence-corrected chi connectivity index (χ4v) is 1.71. The van der Waals surface area contributed by atoms with Gasteiger partial charge in [0, 0.05) is 0 Å². The SMILES string of the molecule is COC(=O)CCN(NC(=O)N(Cc1ccccc1)NC=O)C(N)=O. The smallest absolute Gasteiger partial charge is 0.355 e. The Hall–Kier alpha value is -3.30. The molecule has 0 fully saturated rings. The number of amides is 5. The van der Waals surface area contributed by atoms with Gasteiger partial charge in [-0.15, -0.1) is 0 Å². The van der Waals surface area contributed by atoms with Crippen LogP contribution in [0.1, 0.15) is 12.0 Å². The van der Waals surface area contributed by atoms with E-state index in [-0.39, 0.29) is 19.5 Å². The lowest BCUT2D eigenvalue weighted by Crippen LogP contribution is -2.56. The zero-order valence-corrected chi connectivity index (χ0v) is 13.1. The van der Waals surface area contributed by atoms with E-state index in [9.17, 15) is 19.2 Å². The lowest BCUT2D eigenvalue weighted by Gasteiger charge is -2.26. The van der Waals surface area contributed by atoms with Crippen molar-refractivity contribution >= 4 is 24.4 Å². The number of carbonyl (C=O) groups is 4. The molecule has 0 unspecified atom stereocenters. The van der Waals surface area contributed by atoms with E-state index in [4.69, 9.17) is 5.73 Å². The van der Waals surface area contributed by atoms with Crippen LogP contribution in [-0.2, 0) is 20.9 Å². The second-order valence-electron chi connectivity index (χ2n) is 4.55. The van der Waals surface area contributed by atoms with Gasteiger partial charge in [-0.2, -0.15) is 0 Å². The number of esters is 1. The van der Waals surface area contributed by atoms with E-state index in [1.54, 1.807) is 24.3 Å². The molecule has 0 saturated carbocycles. The van der Waals surface area contributed by atoms with Gasteiger partial charge in [0.25, 0.3) is 0 Å². The number of benzene rings is 1. The van der Waals surface area contributed by atoms with Gasteiger partial charge in [-0.25, -0.2) is 25.0 Å².